The molecule has 2 heteroatoms. The Bertz CT molecular complexity index is 820. The summed E-state index contributed by atoms with van der Waals surface area (Å²) in [6.45, 7) is 13.5. The molecule has 0 fully saturated rings. The van der Waals surface area contributed by atoms with Crippen molar-refractivity contribution in [3.8, 4) is 11.1 Å². The first-order valence-corrected chi connectivity index (χ1v) is 9.86. The Labute approximate surface area is 158 Å². The van der Waals surface area contributed by atoms with Gasteiger partial charge in [0.05, 0.1) is 5.69 Å². The fraction of sp³-hybridized carbons (Fsp3) is 0.417. The van der Waals surface area contributed by atoms with Gasteiger partial charge in [-0.3, -0.25) is 0 Å². The molecule has 1 aliphatic heterocycles. The van der Waals surface area contributed by atoms with Crippen LogP contribution in [0.5, 0.6) is 0 Å². The lowest BCUT2D eigenvalue weighted by atomic mass is 9.87. The third kappa shape index (κ3) is 3.02. The van der Waals surface area contributed by atoms with Crippen LogP contribution in [0.1, 0.15) is 55.9 Å². The lowest BCUT2D eigenvalue weighted by Gasteiger charge is -2.42. The van der Waals surface area contributed by atoms with Crippen LogP contribution in [0.3, 0.4) is 0 Å². The summed E-state index contributed by atoms with van der Waals surface area (Å²) in [5, 5.41) is 0. The molecular weight excluding hydrogens is 316 g/mol. The molecule has 0 aliphatic carbocycles. The highest BCUT2D eigenvalue weighted by Crippen LogP contribution is 2.44. The number of nitrogens with zero attached hydrogens (tertiary/aromatic N) is 1. The number of nitrogens with two attached hydrogens (primary N) is 1. The first kappa shape index (κ1) is 18.6. The summed E-state index contributed by atoms with van der Waals surface area (Å²) >= 11 is 0. The van der Waals surface area contributed by atoms with Crippen molar-refractivity contribution in [2.75, 3.05) is 4.90 Å². The van der Waals surface area contributed by atoms with E-state index in [1.54, 1.807) is 0 Å². The molecule has 0 radical (unpaired) electrons. The van der Waals surface area contributed by atoms with Crippen molar-refractivity contribution in [3.63, 3.8) is 0 Å². The number of aryl methyl sites for hydroxylation is 3. The maximum absolute atomic E-state index is 6.46. The van der Waals surface area contributed by atoms with Crippen molar-refractivity contribution in [2.24, 2.45) is 5.73 Å². The molecule has 138 valence electrons. The van der Waals surface area contributed by atoms with Gasteiger partial charge < -0.3 is 10.6 Å². The molecular formula is C24H32N2. The molecule has 0 spiro atoms. The van der Waals surface area contributed by atoms with E-state index in [4.69, 9.17) is 5.73 Å². The van der Waals surface area contributed by atoms with Crippen molar-refractivity contribution in [3.05, 3.63) is 58.7 Å². The third-order valence-corrected chi connectivity index (χ3v) is 5.75. The number of anilines is 1. The second kappa shape index (κ2) is 7.19. The predicted octanol–water partition coefficient (Wildman–Crippen LogP) is 5.98. The first-order valence-electron chi connectivity index (χ1n) is 9.86. The zero-order valence-electron chi connectivity index (χ0n) is 17.1. The topological polar surface area (TPSA) is 29.3 Å². The zero-order chi connectivity index (χ0) is 19.0. The van der Waals surface area contributed by atoms with Gasteiger partial charge in [-0.25, -0.2) is 0 Å². The number of rotatable bonds is 4. The van der Waals surface area contributed by atoms with Crippen LogP contribution in [-0.2, 0) is 0 Å². The minimum absolute atomic E-state index is 0.305. The first-order chi connectivity index (χ1) is 12.4. The summed E-state index contributed by atoms with van der Waals surface area (Å²) < 4.78 is 0. The van der Waals surface area contributed by atoms with E-state index in [0.717, 1.165) is 18.5 Å². The van der Waals surface area contributed by atoms with Gasteiger partial charge in [0, 0.05) is 28.9 Å². The highest BCUT2D eigenvalue weighted by atomic mass is 15.2. The van der Waals surface area contributed by atoms with E-state index >= 15 is 0 Å². The molecule has 0 saturated heterocycles. The van der Waals surface area contributed by atoms with E-state index in [1.807, 2.05) is 0 Å². The van der Waals surface area contributed by atoms with Gasteiger partial charge in [0.1, 0.15) is 0 Å². The number of hydrogen-bond donors (Lipinski definition) is 1. The summed E-state index contributed by atoms with van der Waals surface area (Å²) in [6.07, 6.45) is 4.47. The predicted molar refractivity (Wildman–Crippen MR) is 115 cm³/mol. The van der Waals surface area contributed by atoms with Crippen LogP contribution in [0, 0.1) is 20.8 Å². The van der Waals surface area contributed by atoms with E-state index in [1.165, 1.54) is 39.1 Å². The average molecular weight is 349 g/mol. The highest BCUT2D eigenvalue weighted by Gasteiger charge is 2.30. The van der Waals surface area contributed by atoms with Crippen LogP contribution < -0.4 is 10.6 Å². The molecule has 1 unspecified atom stereocenters. The Morgan fingerprint density at radius 2 is 1.58 bits per heavy atom. The molecule has 1 heterocycles. The standard InChI is InChI=1S/C24H32N2/c1-7-19(8-2)26-18(6)14-22(25)20-10-9-11-21(24(20)26)23-16(4)12-15(3)13-17(23)5/h9-14,18-19H,7-8,25H2,1-6H3. The van der Waals surface area contributed by atoms with Crippen molar-refractivity contribution in [1.82, 2.24) is 0 Å². The van der Waals surface area contributed by atoms with Gasteiger partial charge in [-0.15, -0.1) is 0 Å². The fourth-order valence-electron chi connectivity index (χ4n) is 4.69. The summed E-state index contributed by atoms with van der Waals surface area (Å²) in [6, 6.07) is 12.0. The molecule has 2 aromatic rings. The van der Waals surface area contributed by atoms with E-state index in [0.29, 0.717) is 12.1 Å². The lowest BCUT2D eigenvalue weighted by molar-refractivity contribution is 0.531. The largest absolute Gasteiger partial charge is 0.398 e. The molecule has 26 heavy (non-hydrogen) atoms. The van der Waals surface area contributed by atoms with Crippen molar-refractivity contribution in [2.45, 2.75) is 66.5 Å². The van der Waals surface area contributed by atoms with Gasteiger partial charge >= 0.3 is 0 Å². The SMILES string of the molecule is CCC(CC)N1c2c(cccc2-c2c(C)cc(C)cc2C)C(N)=CC1C. The van der Waals surface area contributed by atoms with Crippen LogP contribution in [-0.4, -0.2) is 12.1 Å². The number of fused-ring (bicyclic) bond motifs is 1. The monoisotopic (exact) mass is 348 g/mol. The molecule has 2 aromatic carbocycles. The fourth-order valence-corrected chi connectivity index (χ4v) is 4.69. The Morgan fingerprint density at radius 1 is 1.00 bits per heavy atom. The maximum Gasteiger partial charge on any atom is 0.0547 e. The summed E-state index contributed by atoms with van der Waals surface area (Å²) in [7, 11) is 0. The van der Waals surface area contributed by atoms with Gasteiger partial charge in [-0.1, -0.05) is 49.7 Å². The number of para-hydroxylation sites is 1. The lowest BCUT2D eigenvalue weighted by Crippen LogP contribution is -2.43. The van der Waals surface area contributed by atoms with E-state index in [2.05, 4.69) is 82.9 Å². The Morgan fingerprint density at radius 3 is 2.15 bits per heavy atom. The van der Waals surface area contributed by atoms with E-state index in [9.17, 15) is 0 Å². The third-order valence-electron chi connectivity index (χ3n) is 5.75. The van der Waals surface area contributed by atoms with Crippen LogP contribution in [0.15, 0.2) is 36.4 Å². The summed E-state index contributed by atoms with van der Waals surface area (Å²) in [4.78, 5) is 2.60. The molecule has 1 aliphatic rings. The molecule has 2 nitrogen and oxygen atoms in total. The zero-order valence-corrected chi connectivity index (χ0v) is 17.1. The van der Waals surface area contributed by atoms with Crippen LogP contribution in [0.4, 0.5) is 5.69 Å². The van der Waals surface area contributed by atoms with E-state index in [-0.39, 0.29) is 0 Å². The van der Waals surface area contributed by atoms with Gasteiger partial charge in [-0.05, 0) is 63.3 Å². The van der Waals surface area contributed by atoms with Crippen molar-refractivity contribution < 1.29 is 0 Å². The van der Waals surface area contributed by atoms with Crippen LogP contribution in [0.25, 0.3) is 16.8 Å². The average Bonchev–Trinajstić information content (AvgIpc) is 2.58. The quantitative estimate of drug-likeness (QED) is 0.737. The second-order valence-corrected chi connectivity index (χ2v) is 7.72. The van der Waals surface area contributed by atoms with Crippen LogP contribution in [0.2, 0.25) is 0 Å². The van der Waals surface area contributed by atoms with E-state index < -0.39 is 0 Å². The maximum atomic E-state index is 6.46. The summed E-state index contributed by atoms with van der Waals surface area (Å²) in [5.74, 6) is 0. The molecule has 0 bridgehead atoms. The minimum Gasteiger partial charge on any atom is -0.398 e. The van der Waals surface area contributed by atoms with Gasteiger partial charge in [0.15, 0.2) is 0 Å². The Hall–Kier alpha value is -2.22. The van der Waals surface area contributed by atoms with Gasteiger partial charge in [0.2, 0.25) is 0 Å². The second-order valence-electron chi connectivity index (χ2n) is 7.72. The number of benzene rings is 2. The van der Waals surface area contributed by atoms with Crippen molar-refractivity contribution >= 4 is 11.4 Å². The van der Waals surface area contributed by atoms with Crippen LogP contribution >= 0.6 is 0 Å². The normalized spacial score (nSPS) is 16.7. The van der Waals surface area contributed by atoms with Gasteiger partial charge in [0.25, 0.3) is 0 Å². The molecule has 1 atom stereocenters. The Balaban J connectivity index is 2.32. The smallest absolute Gasteiger partial charge is 0.0547 e. The van der Waals surface area contributed by atoms with Crippen molar-refractivity contribution in [1.29, 1.82) is 0 Å². The highest BCUT2D eigenvalue weighted by molar-refractivity contribution is 5.92. The molecule has 3 rings (SSSR count). The molecule has 0 aromatic heterocycles. The van der Waals surface area contributed by atoms with Gasteiger partial charge in [-0.2, -0.15) is 0 Å². The molecule has 0 amide bonds. The summed E-state index contributed by atoms with van der Waals surface area (Å²) in [5.41, 5.74) is 16.5. The molecule has 2 N–H and O–H groups in total. The Kier molecular flexibility index (Phi) is 5.13. The number of hydrogen-bond acceptors (Lipinski definition) is 2. The minimum atomic E-state index is 0.305. The molecule has 0 saturated carbocycles.